The van der Waals surface area contributed by atoms with Crippen molar-refractivity contribution in [3.63, 3.8) is 0 Å². The zero-order valence-corrected chi connectivity index (χ0v) is 10.7. The van der Waals surface area contributed by atoms with E-state index in [4.69, 9.17) is 0 Å². The largest absolute Gasteiger partial charge is 0.294 e. The molecule has 0 aromatic heterocycles. The summed E-state index contributed by atoms with van der Waals surface area (Å²) in [7, 11) is -3.03. The fourth-order valence-corrected chi connectivity index (χ4v) is 2.24. The van der Waals surface area contributed by atoms with E-state index >= 15 is 0 Å². The van der Waals surface area contributed by atoms with Crippen molar-refractivity contribution >= 4 is 15.6 Å². The fourth-order valence-electron chi connectivity index (χ4n) is 1.57. The van der Waals surface area contributed by atoms with Crippen LogP contribution >= 0.6 is 0 Å². The molecule has 0 aliphatic carbocycles. The summed E-state index contributed by atoms with van der Waals surface area (Å²) in [5, 5.41) is 0. The lowest BCUT2D eigenvalue weighted by Gasteiger charge is -2.04. The third-order valence-corrected chi connectivity index (χ3v) is 3.44. The molecule has 5 heteroatoms. The van der Waals surface area contributed by atoms with E-state index in [2.05, 4.69) is 0 Å². The molecule has 0 heterocycles. The predicted molar refractivity (Wildman–Crippen MR) is 64.4 cm³/mol. The Morgan fingerprint density at radius 3 is 2.53 bits per heavy atom. The van der Waals surface area contributed by atoms with Crippen molar-refractivity contribution in [1.82, 2.24) is 0 Å². The average molecular weight is 258 g/mol. The van der Waals surface area contributed by atoms with Crippen LogP contribution < -0.4 is 0 Å². The maximum absolute atomic E-state index is 12.8. The number of ketones is 1. The van der Waals surface area contributed by atoms with Gasteiger partial charge >= 0.3 is 0 Å². The van der Waals surface area contributed by atoms with Crippen LogP contribution in [0.1, 0.15) is 28.8 Å². The molecule has 0 radical (unpaired) electrons. The Balaban J connectivity index is 2.65. The highest BCUT2D eigenvalue weighted by Gasteiger charge is 2.11. The van der Waals surface area contributed by atoms with E-state index in [0.717, 1.165) is 6.26 Å². The molecule has 3 nitrogen and oxygen atoms in total. The smallest absolute Gasteiger partial charge is 0.163 e. The lowest BCUT2D eigenvalue weighted by molar-refractivity contribution is 0.0981. The Morgan fingerprint density at radius 2 is 2.00 bits per heavy atom. The summed E-state index contributed by atoms with van der Waals surface area (Å²) in [4.78, 5) is 11.7. The molecule has 94 valence electrons. The van der Waals surface area contributed by atoms with E-state index in [1.807, 2.05) is 0 Å². The monoisotopic (exact) mass is 258 g/mol. The van der Waals surface area contributed by atoms with Gasteiger partial charge in [0, 0.05) is 18.2 Å². The Bertz CT molecular complexity index is 521. The van der Waals surface area contributed by atoms with Crippen LogP contribution in [0.2, 0.25) is 0 Å². The lowest BCUT2D eigenvalue weighted by atomic mass is 10.0. The summed E-state index contributed by atoms with van der Waals surface area (Å²) in [6, 6.07) is 3.97. The van der Waals surface area contributed by atoms with Gasteiger partial charge in [0.25, 0.3) is 0 Å². The summed E-state index contributed by atoms with van der Waals surface area (Å²) < 4.78 is 34.6. The van der Waals surface area contributed by atoms with Crippen LogP contribution in [-0.4, -0.2) is 26.2 Å². The van der Waals surface area contributed by atoms with Gasteiger partial charge < -0.3 is 0 Å². The Morgan fingerprint density at radius 1 is 1.35 bits per heavy atom. The molecular weight excluding hydrogens is 243 g/mol. The standard InChI is InChI=1S/C12H15FO3S/c1-9-8-10(13)5-6-11(9)12(14)4-3-7-17(2,15)16/h5-6,8H,3-4,7H2,1-2H3. The predicted octanol–water partition coefficient (Wildman–Crippen LogP) is 2.14. The minimum absolute atomic E-state index is 0.00101. The Hall–Kier alpha value is -1.23. The SMILES string of the molecule is Cc1cc(F)ccc1C(=O)CCCS(C)(=O)=O. The van der Waals surface area contributed by atoms with Crippen molar-refractivity contribution in [2.24, 2.45) is 0 Å². The number of rotatable bonds is 5. The van der Waals surface area contributed by atoms with Crippen molar-refractivity contribution in [3.8, 4) is 0 Å². The van der Waals surface area contributed by atoms with Gasteiger partial charge in [-0.3, -0.25) is 4.79 Å². The zero-order chi connectivity index (χ0) is 13.1. The number of benzene rings is 1. The molecule has 1 aromatic rings. The molecule has 0 unspecified atom stereocenters. The molecule has 0 spiro atoms. The molecule has 0 saturated carbocycles. The number of sulfone groups is 1. The highest BCUT2D eigenvalue weighted by atomic mass is 32.2. The molecule has 0 saturated heterocycles. The third-order valence-electron chi connectivity index (χ3n) is 2.41. The van der Waals surface area contributed by atoms with Gasteiger partial charge in [0.2, 0.25) is 0 Å². The average Bonchev–Trinajstić information content (AvgIpc) is 2.15. The molecule has 1 aromatic carbocycles. The first kappa shape index (κ1) is 13.8. The van der Waals surface area contributed by atoms with Crippen LogP contribution in [0.15, 0.2) is 18.2 Å². The third kappa shape index (κ3) is 4.65. The number of hydrogen-bond donors (Lipinski definition) is 0. The second-order valence-corrected chi connectivity index (χ2v) is 6.38. The van der Waals surface area contributed by atoms with Crippen molar-refractivity contribution in [2.45, 2.75) is 19.8 Å². The summed E-state index contributed by atoms with van der Waals surface area (Å²) >= 11 is 0. The van der Waals surface area contributed by atoms with Gasteiger partial charge in [-0.2, -0.15) is 0 Å². The molecule has 0 aliphatic heterocycles. The minimum atomic E-state index is -3.03. The van der Waals surface area contributed by atoms with Crippen LogP contribution in [0.5, 0.6) is 0 Å². The van der Waals surface area contributed by atoms with Crippen molar-refractivity contribution < 1.29 is 17.6 Å². The zero-order valence-electron chi connectivity index (χ0n) is 9.86. The van der Waals surface area contributed by atoms with Crippen LogP contribution in [0.4, 0.5) is 4.39 Å². The lowest BCUT2D eigenvalue weighted by Crippen LogP contribution is -2.07. The van der Waals surface area contributed by atoms with Gasteiger partial charge in [-0.05, 0) is 37.1 Å². The molecule has 0 atom stereocenters. The summed E-state index contributed by atoms with van der Waals surface area (Å²) in [6.45, 7) is 1.66. The summed E-state index contributed by atoms with van der Waals surface area (Å²) in [5.41, 5.74) is 1.04. The first-order valence-corrected chi connectivity index (χ1v) is 7.33. The first-order valence-electron chi connectivity index (χ1n) is 5.26. The molecule has 0 N–H and O–H groups in total. The van der Waals surface area contributed by atoms with Crippen LogP contribution in [0, 0.1) is 12.7 Å². The van der Waals surface area contributed by atoms with E-state index in [9.17, 15) is 17.6 Å². The fraction of sp³-hybridized carbons (Fsp3) is 0.417. The van der Waals surface area contributed by atoms with Gasteiger partial charge in [0.05, 0.1) is 5.75 Å². The molecule has 0 amide bonds. The second kappa shape index (κ2) is 5.40. The number of carbonyl (C=O) groups excluding carboxylic acids is 1. The summed E-state index contributed by atoms with van der Waals surface area (Å²) in [5.74, 6) is -0.528. The molecular formula is C12H15FO3S. The molecule has 17 heavy (non-hydrogen) atoms. The van der Waals surface area contributed by atoms with Gasteiger partial charge in [-0.25, -0.2) is 12.8 Å². The number of aryl methyl sites for hydroxylation is 1. The molecule has 1 rings (SSSR count). The second-order valence-electron chi connectivity index (χ2n) is 4.12. The van der Waals surface area contributed by atoms with Crippen LogP contribution in [0.25, 0.3) is 0 Å². The topological polar surface area (TPSA) is 51.2 Å². The highest BCUT2D eigenvalue weighted by molar-refractivity contribution is 7.90. The van der Waals surface area contributed by atoms with Crippen molar-refractivity contribution in [2.75, 3.05) is 12.0 Å². The highest BCUT2D eigenvalue weighted by Crippen LogP contribution is 2.13. The number of halogens is 1. The first-order chi connectivity index (χ1) is 7.79. The van der Waals surface area contributed by atoms with Gasteiger partial charge in [-0.1, -0.05) is 0 Å². The van der Waals surface area contributed by atoms with Crippen LogP contribution in [0.3, 0.4) is 0 Å². The van der Waals surface area contributed by atoms with E-state index in [0.29, 0.717) is 17.5 Å². The van der Waals surface area contributed by atoms with Gasteiger partial charge in [0.1, 0.15) is 15.7 Å². The number of hydrogen-bond acceptors (Lipinski definition) is 3. The molecule has 0 fully saturated rings. The molecule has 0 bridgehead atoms. The Kier molecular flexibility index (Phi) is 4.40. The van der Waals surface area contributed by atoms with Crippen molar-refractivity contribution in [3.05, 3.63) is 35.1 Å². The Labute approximate surface area is 101 Å². The number of Topliss-reactive ketones (excluding diaryl/α,β-unsaturated/α-hetero) is 1. The number of carbonyl (C=O) groups is 1. The maximum Gasteiger partial charge on any atom is 0.163 e. The van der Waals surface area contributed by atoms with E-state index in [-0.39, 0.29) is 23.8 Å². The van der Waals surface area contributed by atoms with Gasteiger partial charge in [0.15, 0.2) is 5.78 Å². The van der Waals surface area contributed by atoms with Crippen molar-refractivity contribution in [1.29, 1.82) is 0 Å². The summed E-state index contributed by atoms with van der Waals surface area (Å²) in [6.07, 6.45) is 1.61. The quantitative estimate of drug-likeness (QED) is 0.760. The van der Waals surface area contributed by atoms with Crippen LogP contribution in [-0.2, 0) is 9.84 Å². The minimum Gasteiger partial charge on any atom is -0.294 e. The van der Waals surface area contributed by atoms with Gasteiger partial charge in [-0.15, -0.1) is 0 Å². The van der Waals surface area contributed by atoms with E-state index in [1.54, 1.807) is 6.92 Å². The normalized spacial score (nSPS) is 11.5. The van der Waals surface area contributed by atoms with E-state index < -0.39 is 9.84 Å². The molecule has 0 aliphatic rings. The van der Waals surface area contributed by atoms with E-state index in [1.165, 1.54) is 18.2 Å². The maximum atomic E-state index is 12.8.